The molecule has 26 heavy (non-hydrogen) atoms. The van der Waals surface area contributed by atoms with Crippen molar-refractivity contribution in [3.63, 3.8) is 0 Å². The van der Waals surface area contributed by atoms with E-state index in [1.54, 1.807) is 48.7 Å². The molecular formula is C17H16ClN5O3. The number of aromatic nitrogens is 3. The van der Waals surface area contributed by atoms with Crippen molar-refractivity contribution in [3.05, 3.63) is 64.2 Å². The Bertz CT molecular complexity index is 994. The fraction of sp³-hybridized carbons (Fsp3) is 0.176. The molecule has 2 amide bonds. The molecule has 2 aromatic heterocycles. The maximum atomic E-state index is 12.1. The Morgan fingerprint density at radius 1 is 1.08 bits per heavy atom. The van der Waals surface area contributed by atoms with Gasteiger partial charge in [0, 0.05) is 23.3 Å². The molecule has 0 aliphatic heterocycles. The van der Waals surface area contributed by atoms with E-state index < -0.39 is 0 Å². The Balaban J connectivity index is 1.48. The Kier molecular flexibility index (Phi) is 5.33. The minimum atomic E-state index is -0.356. The van der Waals surface area contributed by atoms with Crippen molar-refractivity contribution in [3.8, 4) is 0 Å². The molecule has 0 saturated carbocycles. The normalized spacial score (nSPS) is 10.7. The van der Waals surface area contributed by atoms with Gasteiger partial charge < -0.3 is 10.6 Å². The minimum Gasteiger partial charge on any atom is -0.347 e. The lowest BCUT2D eigenvalue weighted by molar-refractivity contribution is -0.124. The molecule has 0 atom stereocenters. The van der Waals surface area contributed by atoms with Crippen molar-refractivity contribution in [2.75, 3.05) is 11.9 Å². The number of fused-ring (bicyclic) bond motifs is 1. The van der Waals surface area contributed by atoms with E-state index in [2.05, 4.69) is 15.7 Å². The van der Waals surface area contributed by atoms with E-state index in [1.807, 2.05) is 0 Å². The molecule has 3 aromatic rings. The molecule has 0 aliphatic carbocycles. The SMILES string of the molecule is O=C(CCn1nc2ccccn2c1=O)NCC(=O)Nc1ccc(Cl)cc1. The summed E-state index contributed by atoms with van der Waals surface area (Å²) in [5.41, 5.74) is 0.791. The molecule has 134 valence electrons. The number of carbonyl (C=O) groups excluding carboxylic acids is 2. The van der Waals surface area contributed by atoms with E-state index in [1.165, 1.54) is 9.08 Å². The summed E-state index contributed by atoms with van der Waals surface area (Å²) in [4.78, 5) is 35.8. The maximum Gasteiger partial charge on any atom is 0.350 e. The number of aryl methyl sites for hydroxylation is 1. The largest absolute Gasteiger partial charge is 0.350 e. The van der Waals surface area contributed by atoms with Gasteiger partial charge in [-0.3, -0.25) is 14.0 Å². The molecular weight excluding hydrogens is 358 g/mol. The van der Waals surface area contributed by atoms with Crippen molar-refractivity contribution >= 4 is 34.7 Å². The lowest BCUT2D eigenvalue weighted by Gasteiger charge is -2.07. The van der Waals surface area contributed by atoms with Gasteiger partial charge in [-0.1, -0.05) is 17.7 Å². The summed E-state index contributed by atoms with van der Waals surface area (Å²) in [6.45, 7) is -0.0350. The summed E-state index contributed by atoms with van der Waals surface area (Å²) >= 11 is 5.77. The number of hydrogen-bond acceptors (Lipinski definition) is 4. The highest BCUT2D eigenvalue weighted by molar-refractivity contribution is 6.30. The van der Waals surface area contributed by atoms with Gasteiger partial charge >= 0.3 is 5.69 Å². The Morgan fingerprint density at radius 2 is 1.85 bits per heavy atom. The second-order valence-corrected chi connectivity index (χ2v) is 5.95. The first-order valence-corrected chi connectivity index (χ1v) is 8.27. The number of nitrogens with zero attached hydrogens (tertiary/aromatic N) is 3. The number of nitrogens with one attached hydrogen (secondary N) is 2. The molecule has 9 heteroatoms. The summed E-state index contributed by atoms with van der Waals surface area (Å²) in [5.74, 6) is -0.703. The van der Waals surface area contributed by atoms with Crippen LogP contribution in [0.5, 0.6) is 0 Å². The highest BCUT2D eigenvalue weighted by Crippen LogP contribution is 2.12. The van der Waals surface area contributed by atoms with Crippen LogP contribution >= 0.6 is 11.6 Å². The lowest BCUT2D eigenvalue weighted by Crippen LogP contribution is -2.34. The monoisotopic (exact) mass is 373 g/mol. The van der Waals surface area contributed by atoms with E-state index in [-0.39, 0.29) is 37.0 Å². The van der Waals surface area contributed by atoms with Crippen molar-refractivity contribution < 1.29 is 9.59 Å². The van der Waals surface area contributed by atoms with Crippen LogP contribution in [-0.2, 0) is 16.1 Å². The van der Waals surface area contributed by atoms with Gasteiger partial charge in [0.15, 0.2) is 5.65 Å². The predicted octanol–water partition coefficient (Wildman–Crippen LogP) is 1.29. The van der Waals surface area contributed by atoms with Gasteiger partial charge in [-0.2, -0.15) is 0 Å². The molecule has 2 heterocycles. The highest BCUT2D eigenvalue weighted by atomic mass is 35.5. The van der Waals surface area contributed by atoms with Crippen LogP contribution in [0.3, 0.4) is 0 Å². The molecule has 8 nitrogen and oxygen atoms in total. The zero-order chi connectivity index (χ0) is 18.5. The van der Waals surface area contributed by atoms with E-state index >= 15 is 0 Å². The van der Waals surface area contributed by atoms with Crippen molar-refractivity contribution in [2.24, 2.45) is 0 Å². The fourth-order valence-corrected chi connectivity index (χ4v) is 2.45. The minimum absolute atomic E-state index is 0.0397. The van der Waals surface area contributed by atoms with Gasteiger partial charge in [0.1, 0.15) is 0 Å². The summed E-state index contributed by atoms with van der Waals surface area (Å²) in [6, 6.07) is 11.9. The summed E-state index contributed by atoms with van der Waals surface area (Å²) in [7, 11) is 0. The van der Waals surface area contributed by atoms with Crippen molar-refractivity contribution in [1.82, 2.24) is 19.5 Å². The predicted molar refractivity (Wildman–Crippen MR) is 97.2 cm³/mol. The van der Waals surface area contributed by atoms with Crippen LogP contribution in [0.25, 0.3) is 5.65 Å². The summed E-state index contributed by atoms with van der Waals surface area (Å²) in [6.07, 6.45) is 1.65. The number of pyridine rings is 1. The van der Waals surface area contributed by atoms with Gasteiger partial charge in [-0.15, -0.1) is 5.10 Å². The van der Waals surface area contributed by atoms with Crippen LogP contribution in [0, 0.1) is 0 Å². The number of halogens is 1. The van der Waals surface area contributed by atoms with Crippen LogP contribution in [0.4, 0.5) is 5.69 Å². The molecule has 0 spiro atoms. The molecule has 0 bridgehead atoms. The van der Waals surface area contributed by atoms with E-state index in [4.69, 9.17) is 11.6 Å². The standard InChI is InChI=1S/C17H16ClN5O3/c18-12-4-6-13(7-5-12)20-16(25)11-19-15(24)8-10-23-17(26)22-9-2-1-3-14(22)21-23/h1-7,9H,8,10-11H2,(H,19,24)(H,20,25). The Labute approximate surface area is 153 Å². The van der Waals surface area contributed by atoms with E-state index in [0.29, 0.717) is 16.4 Å². The first-order chi connectivity index (χ1) is 12.5. The third-order valence-electron chi connectivity index (χ3n) is 3.61. The highest BCUT2D eigenvalue weighted by Gasteiger charge is 2.10. The number of amides is 2. The van der Waals surface area contributed by atoms with E-state index in [0.717, 1.165) is 0 Å². The molecule has 1 aromatic carbocycles. The maximum absolute atomic E-state index is 12.1. The number of anilines is 1. The summed E-state index contributed by atoms with van der Waals surface area (Å²) in [5, 5.41) is 9.86. The van der Waals surface area contributed by atoms with Gasteiger partial charge in [-0.25, -0.2) is 9.48 Å². The Morgan fingerprint density at radius 3 is 2.58 bits per heavy atom. The first-order valence-electron chi connectivity index (χ1n) is 7.89. The van der Waals surface area contributed by atoms with Crippen LogP contribution in [-0.4, -0.2) is 32.5 Å². The average molecular weight is 374 g/mol. The third kappa shape index (κ3) is 4.28. The van der Waals surface area contributed by atoms with Crippen molar-refractivity contribution in [1.29, 1.82) is 0 Å². The molecule has 0 aliphatic rings. The molecule has 2 N–H and O–H groups in total. The van der Waals surface area contributed by atoms with Crippen molar-refractivity contribution in [2.45, 2.75) is 13.0 Å². The topological polar surface area (TPSA) is 97.5 Å². The second-order valence-electron chi connectivity index (χ2n) is 5.52. The van der Waals surface area contributed by atoms with Gasteiger partial charge in [0.2, 0.25) is 11.8 Å². The fourth-order valence-electron chi connectivity index (χ4n) is 2.33. The van der Waals surface area contributed by atoms with Gasteiger partial charge in [0.25, 0.3) is 0 Å². The number of benzene rings is 1. The smallest absolute Gasteiger partial charge is 0.347 e. The van der Waals surface area contributed by atoms with E-state index in [9.17, 15) is 14.4 Å². The first kappa shape index (κ1) is 17.7. The number of hydrogen-bond donors (Lipinski definition) is 2. The third-order valence-corrected chi connectivity index (χ3v) is 3.87. The van der Waals surface area contributed by atoms with Crippen LogP contribution in [0.2, 0.25) is 5.02 Å². The lowest BCUT2D eigenvalue weighted by atomic mass is 10.3. The zero-order valence-corrected chi connectivity index (χ0v) is 14.4. The Hall–Kier alpha value is -3.13. The summed E-state index contributed by atoms with van der Waals surface area (Å²) < 4.78 is 2.63. The van der Waals surface area contributed by atoms with Gasteiger partial charge in [-0.05, 0) is 36.4 Å². The second kappa shape index (κ2) is 7.83. The van der Waals surface area contributed by atoms with Crippen LogP contribution in [0.15, 0.2) is 53.5 Å². The molecule has 3 rings (SSSR count). The zero-order valence-electron chi connectivity index (χ0n) is 13.7. The number of rotatable bonds is 6. The van der Waals surface area contributed by atoms with Crippen LogP contribution < -0.4 is 16.3 Å². The van der Waals surface area contributed by atoms with Crippen LogP contribution in [0.1, 0.15) is 6.42 Å². The average Bonchev–Trinajstić information content (AvgIpc) is 2.96. The molecule has 0 saturated heterocycles. The molecule has 0 radical (unpaired) electrons. The molecule has 0 unspecified atom stereocenters. The quantitative estimate of drug-likeness (QED) is 0.680. The van der Waals surface area contributed by atoms with Gasteiger partial charge in [0.05, 0.1) is 13.1 Å². The number of carbonyl (C=O) groups is 2. The molecule has 0 fully saturated rings.